The molecular weight excluding hydrogens is 450 g/mol. The molecule has 1 atom stereocenters. The maximum absolute atomic E-state index is 6.07. The number of halogens is 1. The smallest absolute Gasteiger partial charge is 0.257 e. The van der Waals surface area contributed by atoms with Crippen LogP contribution in [0.5, 0.6) is 0 Å². The molecule has 0 N–H and O–H groups in total. The quantitative estimate of drug-likeness (QED) is 0.265. The molecule has 0 aliphatic carbocycles. The lowest BCUT2D eigenvalue weighted by Gasteiger charge is -2.12. The van der Waals surface area contributed by atoms with Crippen LogP contribution in [0, 0.1) is 0 Å². The first-order valence-corrected chi connectivity index (χ1v) is 11.6. The first-order chi connectivity index (χ1) is 15.2. The van der Waals surface area contributed by atoms with Crippen molar-refractivity contribution in [3.63, 3.8) is 0 Å². The number of rotatable bonds is 6. The average Bonchev–Trinajstić information content (AvgIpc) is 3.55. The number of nitrogens with zero attached hydrogens (tertiary/aromatic N) is 5. The zero-order valence-corrected chi connectivity index (χ0v) is 18.7. The molecule has 0 bridgehead atoms. The fraction of sp³-hybridized carbons (Fsp3) is 0.0909. The summed E-state index contributed by atoms with van der Waals surface area (Å²) in [6, 6.07) is 21.5. The van der Waals surface area contributed by atoms with E-state index in [1.165, 1.54) is 11.8 Å². The van der Waals surface area contributed by atoms with Crippen LogP contribution < -0.4 is 0 Å². The number of benzene rings is 2. The lowest BCUT2D eigenvalue weighted by atomic mass is 10.2. The van der Waals surface area contributed by atoms with E-state index in [9.17, 15) is 0 Å². The van der Waals surface area contributed by atoms with E-state index in [2.05, 4.69) is 20.4 Å². The predicted molar refractivity (Wildman–Crippen MR) is 124 cm³/mol. The summed E-state index contributed by atoms with van der Waals surface area (Å²) in [7, 11) is 0. The molecule has 0 aliphatic heterocycles. The van der Waals surface area contributed by atoms with E-state index in [1.807, 2.05) is 83.6 Å². The molecule has 0 spiro atoms. The van der Waals surface area contributed by atoms with Gasteiger partial charge in [-0.15, -0.1) is 31.7 Å². The minimum Gasteiger partial charge on any atom is -0.419 e. The van der Waals surface area contributed by atoms with E-state index in [-0.39, 0.29) is 5.25 Å². The molecule has 5 rings (SSSR count). The van der Waals surface area contributed by atoms with Gasteiger partial charge in [-0.05, 0) is 54.8 Å². The second-order valence-corrected chi connectivity index (χ2v) is 9.36. The molecule has 0 saturated heterocycles. The van der Waals surface area contributed by atoms with Crippen molar-refractivity contribution >= 4 is 34.7 Å². The Morgan fingerprint density at radius 2 is 1.74 bits per heavy atom. The summed E-state index contributed by atoms with van der Waals surface area (Å²) in [5.74, 6) is 1.82. The molecule has 3 aromatic heterocycles. The Labute approximate surface area is 191 Å². The molecule has 0 fully saturated rings. The maximum atomic E-state index is 6.07. The molecule has 0 aliphatic rings. The van der Waals surface area contributed by atoms with E-state index in [4.69, 9.17) is 16.0 Å². The van der Waals surface area contributed by atoms with Gasteiger partial charge in [0.2, 0.25) is 5.89 Å². The van der Waals surface area contributed by atoms with Crippen LogP contribution in [-0.2, 0) is 0 Å². The van der Waals surface area contributed by atoms with Gasteiger partial charge in [0.25, 0.3) is 5.89 Å². The summed E-state index contributed by atoms with van der Waals surface area (Å²) in [5.41, 5.74) is 1.90. The molecule has 0 amide bonds. The molecule has 2 aromatic carbocycles. The minimum absolute atomic E-state index is 0.106. The van der Waals surface area contributed by atoms with Gasteiger partial charge in [-0.3, -0.25) is 4.57 Å². The molecule has 6 nitrogen and oxygen atoms in total. The lowest BCUT2D eigenvalue weighted by molar-refractivity contribution is 0.510. The summed E-state index contributed by atoms with van der Waals surface area (Å²) < 4.78 is 7.94. The van der Waals surface area contributed by atoms with Crippen molar-refractivity contribution < 1.29 is 4.42 Å². The van der Waals surface area contributed by atoms with Crippen molar-refractivity contribution in [1.29, 1.82) is 0 Å². The molecule has 154 valence electrons. The normalized spacial score (nSPS) is 12.2. The highest BCUT2D eigenvalue weighted by molar-refractivity contribution is 7.99. The standard InChI is InChI=1S/C22H16ClN5OS2/c1-14(20-25-26-21(29-20)18-8-5-13-30-18)31-22-27-24-19(15-9-11-16(23)12-10-15)28(22)17-6-3-2-4-7-17/h2-14H,1H3/t14-/m0/s1. The fourth-order valence-electron chi connectivity index (χ4n) is 3.05. The summed E-state index contributed by atoms with van der Waals surface area (Å²) in [6.45, 7) is 2.02. The third-order valence-electron chi connectivity index (χ3n) is 4.55. The van der Waals surface area contributed by atoms with Crippen LogP contribution in [0.1, 0.15) is 18.1 Å². The van der Waals surface area contributed by atoms with Gasteiger partial charge < -0.3 is 4.42 Å². The molecule has 0 saturated carbocycles. The van der Waals surface area contributed by atoms with E-state index >= 15 is 0 Å². The van der Waals surface area contributed by atoms with Gasteiger partial charge in [0.05, 0.1) is 10.1 Å². The Kier molecular flexibility index (Phi) is 5.59. The second kappa shape index (κ2) is 8.66. The molecule has 0 unspecified atom stereocenters. The summed E-state index contributed by atoms with van der Waals surface area (Å²) in [4.78, 5) is 0.952. The van der Waals surface area contributed by atoms with Crippen molar-refractivity contribution in [2.45, 2.75) is 17.3 Å². The Hall–Kier alpha value is -2.94. The number of thiophene rings is 1. The van der Waals surface area contributed by atoms with Gasteiger partial charge in [-0.1, -0.05) is 47.6 Å². The van der Waals surface area contributed by atoms with Crippen LogP contribution in [0.4, 0.5) is 0 Å². The highest BCUT2D eigenvalue weighted by atomic mass is 35.5. The van der Waals surface area contributed by atoms with Crippen molar-refractivity contribution in [3.05, 3.63) is 83.0 Å². The minimum atomic E-state index is -0.106. The van der Waals surface area contributed by atoms with Gasteiger partial charge in [0, 0.05) is 16.3 Å². The first kappa shape index (κ1) is 20.0. The number of hydrogen-bond acceptors (Lipinski definition) is 7. The van der Waals surface area contributed by atoms with E-state index < -0.39 is 0 Å². The third kappa shape index (κ3) is 4.14. The number of aromatic nitrogens is 5. The largest absolute Gasteiger partial charge is 0.419 e. The molecular formula is C22H16ClN5OS2. The highest BCUT2D eigenvalue weighted by Gasteiger charge is 2.22. The lowest BCUT2D eigenvalue weighted by Crippen LogP contribution is -2.00. The predicted octanol–water partition coefficient (Wildman–Crippen LogP) is 6.55. The van der Waals surface area contributed by atoms with Crippen LogP contribution >= 0.6 is 34.7 Å². The highest BCUT2D eigenvalue weighted by Crippen LogP contribution is 2.37. The zero-order chi connectivity index (χ0) is 21.2. The van der Waals surface area contributed by atoms with Gasteiger partial charge in [-0.25, -0.2) is 0 Å². The number of hydrogen-bond donors (Lipinski definition) is 0. The maximum Gasteiger partial charge on any atom is 0.257 e. The van der Waals surface area contributed by atoms with E-state index in [1.54, 1.807) is 11.3 Å². The molecule has 5 aromatic rings. The Bertz CT molecular complexity index is 1280. The van der Waals surface area contributed by atoms with Crippen molar-refractivity contribution in [3.8, 4) is 27.8 Å². The van der Waals surface area contributed by atoms with Gasteiger partial charge in [-0.2, -0.15) is 0 Å². The van der Waals surface area contributed by atoms with Crippen LogP contribution in [0.3, 0.4) is 0 Å². The topological polar surface area (TPSA) is 69.6 Å². The molecule has 0 radical (unpaired) electrons. The monoisotopic (exact) mass is 465 g/mol. The SMILES string of the molecule is C[C@H](Sc1nnc(-c2ccc(Cl)cc2)n1-c1ccccc1)c1nnc(-c2cccs2)o1. The summed E-state index contributed by atoms with van der Waals surface area (Å²) in [5, 5.41) is 20.7. The number of para-hydroxylation sites is 1. The third-order valence-corrected chi connectivity index (χ3v) is 6.69. The van der Waals surface area contributed by atoms with Crippen LogP contribution in [0.25, 0.3) is 27.8 Å². The second-order valence-electron chi connectivity index (χ2n) is 6.67. The van der Waals surface area contributed by atoms with Crippen LogP contribution in [0.15, 0.2) is 81.7 Å². The van der Waals surface area contributed by atoms with Gasteiger partial charge in [0.15, 0.2) is 11.0 Å². The van der Waals surface area contributed by atoms with E-state index in [0.717, 1.165) is 27.1 Å². The van der Waals surface area contributed by atoms with Crippen LogP contribution in [0.2, 0.25) is 5.02 Å². The van der Waals surface area contributed by atoms with Gasteiger partial charge >= 0.3 is 0 Å². The fourth-order valence-corrected chi connectivity index (χ4v) is 4.72. The Balaban J connectivity index is 1.50. The summed E-state index contributed by atoms with van der Waals surface area (Å²) in [6.07, 6.45) is 0. The van der Waals surface area contributed by atoms with E-state index in [0.29, 0.717) is 16.8 Å². The van der Waals surface area contributed by atoms with Crippen LogP contribution in [-0.4, -0.2) is 25.0 Å². The molecule has 3 heterocycles. The molecule has 31 heavy (non-hydrogen) atoms. The number of thioether (sulfide) groups is 1. The first-order valence-electron chi connectivity index (χ1n) is 9.50. The van der Waals surface area contributed by atoms with Crippen molar-refractivity contribution in [2.24, 2.45) is 0 Å². The van der Waals surface area contributed by atoms with Crippen molar-refractivity contribution in [2.75, 3.05) is 0 Å². The van der Waals surface area contributed by atoms with Gasteiger partial charge in [0.1, 0.15) is 0 Å². The average molecular weight is 466 g/mol. The zero-order valence-electron chi connectivity index (χ0n) is 16.3. The Morgan fingerprint density at radius 1 is 0.935 bits per heavy atom. The molecule has 9 heteroatoms. The Morgan fingerprint density at radius 3 is 2.48 bits per heavy atom. The summed E-state index contributed by atoms with van der Waals surface area (Å²) >= 11 is 9.15. The van der Waals surface area contributed by atoms with Crippen molar-refractivity contribution in [1.82, 2.24) is 25.0 Å².